The van der Waals surface area contributed by atoms with Gasteiger partial charge in [-0.25, -0.2) is 0 Å². The lowest BCUT2D eigenvalue weighted by molar-refractivity contribution is -0.119. The van der Waals surface area contributed by atoms with Crippen LogP contribution in [-0.4, -0.2) is 30.9 Å². The van der Waals surface area contributed by atoms with Crippen molar-refractivity contribution in [2.75, 3.05) is 19.0 Å². The Labute approximate surface area is 111 Å². The van der Waals surface area contributed by atoms with Gasteiger partial charge in [0.15, 0.2) is 11.5 Å². The number of nitrogens with one attached hydrogen (secondary N) is 1. The van der Waals surface area contributed by atoms with Crippen molar-refractivity contribution in [1.29, 1.82) is 0 Å². The third-order valence-corrected chi connectivity index (χ3v) is 3.33. The van der Waals surface area contributed by atoms with Gasteiger partial charge in [0.1, 0.15) is 13.2 Å². The van der Waals surface area contributed by atoms with E-state index in [0.717, 1.165) is 16.4 Å². The molecule has 98 valence electrons. The number of ether oxygens (including phenoxy) is 2. The largest absolute Gasteiger partial charge is 0.486 e. The van der Waals surface area contributed by atoms with Crippen LogP contribution >= 0.6 is 11.8 Å². The van der Waals surface area contributed by atoms with E-state index in [1.165, 1.54) is 11.8 Å². The van der Waals surface area contributed by atoms with E-state index in [1.807, 2.05) is 32.0 Å². The highest BCUT2D eigenvalue weighted by molar-refractivity contribution is 8.00. The highest BCUT2D eigenvalue weighted by Crippen LogP contribution is 2.34. The third-order valence-electron chi connectivity index (χ3n) is 2.33. The Bertz CT molecular complexity index is 434. The lowest BCUT2D eigenvalue weighted by Gasteiger charge is -2.18. The average Bonchev–Trinajstić information content (AvgIpc) is 2.35. The number of hydrogen-bond donors (Lipinski definition) is 1. The molecule has 0 unspecified atom stereocenters. The molecule has 0 atom stereocenters. The van der Waals surface area contributed by atoms with Gasteiger partial charge in [-0.05, 0) is 32.0 Å². The standard InChI is InChI=1S/C13H17NO3S/c1-9(2)14-13(15)8-18-10-3-4-11-12(7-10)17-6-5-16-11/h3-4,7,9H,5-6,8H2,1-2H3,(H,14,15). The second kappa shape index (κ2) is 6.00. The van der Waals surface area contributed by atoms with Gasteiger partial charge in [-0.1, -0.05) is 0 Å². The highest BCUT2D eigenvalue weighted by Gasteiger charge is 2.12. The molecular formula is C13H17NO3S. The Morgan fingerprint density at radius 3 is 2.78 bits per heavy atom. The Morgan fingerprint density at radius 1 is 1.33 bits per heavy atom. The molecule has 0 saturated heterocycles. The zero-order chi connectivity index (χ0) is 13.0. The number of benzene rings is 1. The van der Waals surface area contributed by atoms with Gasteiger partial charge in [0.05, 0.1) is 5.75 Å². The summed E-state index contributed by atoms with van der Waals surface area (Å²) in [5.74, 6) is 2.00. The average molecular weight is 267 g/mol. The molecule has 1 aromatic carbocycles. The van der Waals surface area contributed by atoms with Crippen LogP contribution in [0.2, 0.25) is 0 Å². The molecule has 1 N–H and O–H groups in total. The number of fused-ring (bicyclic) bond motifs is 1. The predicted octanol–water partition coefficient (Wildman–Crippen LogP) is 2.07. The van der Waals surface area contributed by atoms with Crippen molar-refractivity contribution in [3.8, 4) is 11.5 Å². The minimum Gasteiger partial charge on any atom is -0.486 e. The van der Waals surface area contributed by atoms with Crippen molar-refractivity contribution < 1.29 is 14.3 Å². The monoisotopic (exact) mass is 267 g/mol. The van der Waals surface area contributed by atoms with Crippen molar-refractivity contribution in [3.05, 3.63) is 18.2 Å². The number of thioether (sulfide) groups is 1. The molecule has 0 bridgehead atoms. The molecule has 1 aromatic rings. The van der Waals surface area contributed by atoms with Crippen LogP contribution in [0, 0.1) is 0 Å². The van der Waals surface area contributed by atoms with Crippen LogP contribution < -0.4 is 14.8 Å². The smallest absolute Gasteiger partial charge is 0.230 e. The molecule has 0 saturated carbocycles. The van der Waals surface area contributed by atoms with Gasteiger partial charge in [0, 0.05) is 10.9 Å². The maximum atomic E-state index is 11.5. The maximum Gasteiger partial charge on any atom is 0.230 e. The predicted molar refractivity (Wildman–Crippen MR) is 71.4 cm³/mol. The summed E-state index contributed by atoms with van der Waals surface area (Å²) < 4.78 is 10.9. The zero-order valence-corrected chi connectivity index (χ0v) is 11.4. The van der Waals surface area contributed by atoms with E-state index in [2.05, 4.69) is 5.32 Å². The van der Waals surface area contributed by atoms with Crippen LogP contribution in [0.1, 0.15) is 13.8 Å². The zero-order valence-electron chi connectivity index (χ0n) is 10.6. The SMILES string of the molecule is CC(C)NC(=O)CSc1ccc2c(c1)OCCO2. The number of rotatable bonds is 4. The molecule has 1 aliphatic rings. The van der Waals surface area contributed by atoms with Crippen LogP contribution in [0.4, 0.5) is 0 Å². The second-order valence-corrected chi connectivity index (χ2v) is 5.37. The Hall–Kier alpha value is -1.36. The van der Waals surface area contributed by atoms with E-state index in [0.29, 0.717) is 19.0 Å². The van der Waals surface area contributed by atoms with Crippen LogP contribution in [-0.2, 0) is 4.79 Å². The summed E-state index contributed by atoms with van der Waals surface area (Å²) in [6, 6.07) is 5.93. The summed E-state index contributed by atoms with van der Waals surface area (Å²) in [6.07, 6.45) is 0. The van der Waals surface area contributed by atoms with Gasteiger partial charge in [0.25, 0.3) is 0 Å². The molecule has 5 heteroatoms. The first-order valence-electron chi connectivity index (χ1n) is 5.97. The Balaban J connectivity index is 1.92. The second-order valence-electron chi connectivity index (χ2n) is 4.32. The van der Waals surface area contributed by atoms with Crippen LogP contribution in [0.25, 0.3) is 0 Å². The fourth-order valence-corrected chi connectivity index (χ4v) is 2.36. The fraction of sp³-hybridized carbons (Fsp3) is 0.462. The summed E-state index contributed by atoms with van der Waals surface area (Å²) in [6.45, 7) is 5.07. The van der Waals surface area contributed by atoms with E-state index in [-0.39, 0.29) is 11.9 Å². The number of carbonyl (C=O) groups is 1. The summed E-state index contributed by atoms with van der Waals surface area (Å²) in [5.41, 5.74) is 0. The Morgan fingerprint density at radius 2 is 2.06 bits per heavy atom. The van der Waals surface area contributed by atoms with Crippen molar-refractivity contribution in [3.63, 3.8) is 0 Å². The number of hydrogen-bond acceptors (Lipinski definition) is 4. The molecule has 1 heterocycles. The molecule has 2 rings (SSSR count). The first kappa shape index (κ1) is 13.1. The summed E-state index contributed by atoms with van der Waals surface area (Å²) in [4.78, 5) is 12.5. The summed E-state index contributed by atoms with van der Waals surface area (Å²) in [5, 5.41) is 2.86. The van der Waals surface area contributed by atoms with Gasteiger partial charge in [0.2, 0.25) is 5.91 Å². The van der Waals surface area contributed by atoms with E-state index >= 15 is 0 Å². The molecule has 18 heavy (non-hydrogen) atoms. The minimum atomic E-state index is 0.0462. The molecule has 4 nitrogen and oxygen atoms in total. The topological polar surface area (TPSA) is 47.6 Å². The van der Waals surface area contributed by atoms with Gasteiger partial charge < -0.3 is 14.8 Å². The number of carbonyl (C=O) groups excluding carboxylic acids is 1. The molecule has 0 fully saturated rings. The minimum absolute atomic E-state index is 0.0462. The molecule has 0 radical (unpaired) electrons. The van der Waals surface area contributed by atoms with E-state index in [4.69, 9.17) is 9.47 Å². The molecule has 1 amide bonds. The Kier molecular flexibility index (Phi) is 4.36. The summed E-state index contributed by atoms with van der Waals surface area (Å²) >= 11 is 1.50. The quantitative estimate of drug-likeness (QED) is 0.848. The molecule has 0 aliphatic carbocycles. The molecule has 1 aliphatic heterocycles. The number of amides is 1. The van der Waals surface area contributed by atoms with Gasteiger partial charge >= 0.3 is 0 Å². The van der Waals surface area contributed by atoms with Gasteiger partial charge in [-0.2, -0.15) is 0 Å². The summed E-state index contributed by atoms with van der Waals surface area (Å²) in [7, 11) is 0. The van der Waals surface area contributed by atoms with E-state index < -0.39 is 0 Å². The highest BCUT2D eigenvalue weighted by atomic mass is 32.2. The van der Waals surface area contributed by atoms with Crippen LogP contribution in [0.3, 0.4) is 0 Å². The maximum absolute atomic E-state index is 11.5. The van der Waals surface area contributed by atoms with Crippen molar-refractivity contribution in [2.45, 2.75) is 24.8 Å². The van der Waals surface area contributed by atoms with Crippen molar-refractivity contribution in [2.24, 2.45) is 0 Å². The van der Waals surface area contributed by atoms with Gasteiger partial charge in [-0.3, -0.25) is 4.79 Å². The first-order chi connectivity index (χ1) is 8.65. The van der Waals surface area contributed by atoms with E-state index in [9.17, 15) is 4.79 Å². The van der Waals surface area contributed by atoms with Gasteiger partial charge in [-0.15, -0.1) is 11.8 Å². The first-order valence-corrected chi connectivity index (χ1v) is 6.95. The van der Waals surface area contributed by atoms with E-state index in [1.54, 1.807) is 0 Å². The molecular weight excluding hydrogens is 250 g/mol. The lowest BCUT2D eigenvalue weighted by atomic mass is 10.3. The molecule has 0 spiro atoms. The molecule has 0 aromatic heterocycles. The van der Waals surface area contributed by atoms with Crippen molar-refractivity contribution >= 4 is 17.7 Å². The fourth-order valence-electron chi connectivity index (χ4n) is 1.63. The van der Waals surface area contributed by atoms with Crippen LogP contribution in [0.15, 0.2) is 23.1 Å². The van der Waals surface area contributed by atoms with Crippen molar-refractivity contribution in [1.82, 2.24) is 5.32 Å². The lowest BCUT2D eigenvalue weighted by Crippen LogP contribution is -2.31. The van der Waals surface area contributed by atoms with Crippen LogP contribution in [0.5, 0.6) is 11.5 Å². The third kappa shape index (κ3) is 3.57. The normalized spacial score (nSPS) is 13.5.